The first kappa shape index (κ1) is 25.2. The molecule has 0 heterocycles. The lowest BCUT2D eigenvalue weighted by molar-refractivity contribution is 0.0784. The van der Waals surface area contributed by atoms with Gasteiger partial charge in [0.2, 0.25) is 0 Å². The summed E-state index contributed by atoms with van der Waals surface area (Å²) < 4.78 is 0. The number of fused-ring (bicyclic) bond motifs is 2. The molecule has 4 N–H and O–H groups in total. The van der Waals surface area contributed by atoms with Crippen LogP contribution in [-0.2, 0) is 6.54 Å². The van der Waals surface area contributed by atoms with Crippen molar-refractivity contribution >= 4 is 23.2 Å². The van der Waals surface area contributed by atoms with Crippen molar-refractivity contribution < 1.29 is 14.4 Å². The van der Waals surface area contributed by atoms with Gasteiger partial charge in [0.15, 0.2) is 11.6 Å². The van der Waals surface area contributed by atoms with E-state index in [4.69, 9.17) is 5.73 Å². The van der Waals surface area contributed by atoms with Crippen LogP contribution in [0.25, 0.3) is 0 Å². The summed E-state index contributed by atoms with van der Waals surface area (Å²) in [6, 6.07) is 18.1. The van der Waals surface area contributed by atoms with Crippen LogP contribution in [0.2, 0.25) is 0 Å². The number of nitrogens with one attached hydrogen (secondary N) is 2. The first-order chi connectivity index (χ1) is 18.2. The maximum absolute atomic E-state index is 13.7. The predicted molar refractivity (Wildman–Crippen MR) is 149 cm³/mol. The highest BCUT2D eigenvalue weighted by atomic mass is 16.2. The number of amides is 1. The van der Waals surface area contributed by atoms with Crippen LogP contribution in [0.3, 0.4) is 0 Å². The molecule has 6 nitrogen and oxygen atoms in total. The summed E-state index contributed by atoms with van der Waals surface area (Å²) in [5.41, 5.74) is 14.6. The number of carbonyl (C=O) groups excluding carboxylic acids is 3. The van der Waals surface area contributed by atoms with Crippen molar-refractivity contribution in [3.63, 3.8) is 0 Å². The molecule has 5 rings (SSSR count). The number of carbonyl (C=O) groups is 3. The van der Waals surface area contributed by atoms with Gasteiger partial charge in [-0.2, -0.15) is 0 Å². The molecular weight excluding hydrogens is 474 g/mol. The Hall–Kier alpha value is -4.45. The third-order valence-corrected chi connectivity index (χ3v) is 7.72. The van der Waals surface area contributed by atoms with Gasteiger partial charge in [0, 0.05) is 40.3 Å². The Kier molecular flexibility index (Phi) is 6.49. The molecule has 0 saturated heterocycles. The molecule has 0 radical (unpaired) electrons. The van der Waals surface area contributed by atoms with E-state index in [0.29, 0.717) is 34.6 Å². The van der Waals surface area contributed by atoms with Crippen LogP contribution in [0.15, 0.2) is 83.7 Å². The summed E-state index contributed by atoms with van der Waals surface area (Å²) >= 11 is 0. The Morgan fingerprint density at radius 1 is 0.842 bits per heavy atom. The first-order valence-corrected chi connectivity index (χ1v) is 12.7. The second kappa shape index (κ2) is 9.78. The van der Waals surface area contributed by atoms with E-state index >= 15 is 0 Å². The molecule has 2 aliphatic rings. The fourth-order valence-corrected chi connectivity index (χ4v) is 5.65. The van der Waals surface area contributed by atoms with Crippen molar-refractivity contribution in [3.8, 4) is 0 Å². The molecule has 6 heteroatoms. The van der Waals surface area contributed by atoms with Crippen molar-refractivity contribution in [1.82, 2.24) is 5.32 Å². The number of benzene rings is 3. The van der Waals surface area contributed by atoms with Crippen LogP contribution in [0.1, 0.15) is 60.3 Å². The first-order valence-electron chi connectivity index (χ1n) is 12.7. The molecule has 2 atom stereocenters. The predicted octanol–water partition coefficient (Wildman–Crippen LogP) is 5.40. The van der Waals surface area contributed by atoms with E-state index in [1.54, 1.807) is 36.4 Å². The van der Waals surface area contributed by atoms with Gasteiger partial charge in [-0.1, -0.05) is 48.5 Å². The molecule has 2 aliphatic carbocycles. The number of anilines is 1. The van der Waals surface area contributed by atoms with Crippen LogP contribution in [0.5, 0.6) is 0 Å². The SMILES string of the molecule is CC1=C(N)C2C(=O)c3ccccc3C(=O)C2C(Nc2c(C)cc(C)c(CNC(=O)c3ccccc3)c2C)=C1. The fraction of sp³-hybridized carbons (Fsp3) is 0.219. The average molecular weight is 506 g/mol. The normalized spacial score (nSPS) is 18.5. The Morgan fingerprint density at radius 3 is 2.11 bits per heavy atom. The molecule has 3 aromatic rings. The van der Waals surface area contributed by atoms with Gasteiger partial charge in [-0.05, 0) is 73.7 Å². The van der Waals surface area contributed by atoms with Crippen molar-refractivity contribution in [2.45, 2.75) is 34.2 Å². The molecule has 0 aromatic heterocycles. The van der Waals surface area contributed by atoms with E-state index < -0.39 is 11.8 Å². The summed E-state index contributed by atoms with van der Waals surface area (Å²) in [6.07, 6.45) is 1.88. The molecule has 2 unspecified atom stereocenters. The molecule has 1 amide bonds. The molecule has 3 aromatic carbocycles. The maximum atomic E-state index is 13.7. The van der Waals surface area contributed by atoms with Gasteiger partial charge in [-0.3, -0.25) is 14.4 Å². The van der Waals surface area contributed by atoms with Crippen LogP contribution in [0.4, 0.5) is 5.69 Å². The zero-order valence-corrected chi connectivity index (χ0v) is 22.0. The van der Waals surface area contributed by atoms with Gasteiger partial charge in [0.25, 0.3) is 5.91 Å². The number of aryl methyl sites for hydroxylation is 2. The van der Waals surface area contributed by atoms with E-state index in [1.807, 2.05) is 52.0 Å². The van der Waals surface area contributed by atoms with Gasteiger partial charge in [0.1, 0.15) is 0 Å². The topological polar surface area (TPSA) is 101 Å². The zero-order valence-electron chi connectivity index (χ0n) is 22.0. The number of allylic oxidation sites excluding steroid dienone is 4. The highest BCUT2D eigenvalue weighted by Crippen LogP contribution is 2.42. The standard InChI is InChI=1S/C32H31N3O3/c1-17-14-19(3)29(20(4)24(17)16-34-32(38)21-10-6-5-7-11-21)35-25-15-18(2)28(33)27-26(25)30(36)22-12-8-9-13-23(22)31(27)37/h5-15,26-27,35H,16,33H2,1-4H3,(H,34,38). The Balaban J connectivity index is 1.50. The van der Waals surface area contributed by atoms with E-state index in [1.165, 1.54) is 0 Å². The van der Waals surface area contributed by atoms with Crippen LogP contribution in [0, 0.1) is 32.6 Å². The van der Waals surface area contributed by atoms with Gasteiger partial charge < -0.3 is 16.4 Å². The van der Waals surface area contributed by atoms with Gasteiger partial charge in [-0.25, -0.2) is 0 Å². The number of hydrogen-bond acceptors (Lipinski definition) is 5. The Labute approximate surface area is 222 Å². The van der Waals surface area contributed by atoms with E-state index in [0.717, 1.165) is 33.5 Å². The number of nitrogens with two attached hydrogens (primary N) is 1. The van der Waals surface area contributed by atoms with Crippen molar-refractivity contribution in [3.05, 3.63) is 123 Å². The van der Waals surface area contributed by atoms with Crippen LogP contribution >= 0.6 is 0 Å². The minimum Gasteiger partial charge on any atom is -0.401 e. The molecule has 0 fully saturated rings. The lowest BCUT2D eigenvalue weighted by Gasteiger charge is -2.37. The molecule has 0 aliphatic heterocycles. The maximum Gasteiger partial charge on any atom is 0.251 e. The molecular formula is C32H31N3O3. The van der Waals surface area contributed by atoms with Gasteiger partial charge in [-0.15, -0.1) is 0 Å². The number of hydrogen-bond donors (Lipinski definition) is 3. The summed E-state index contributed by atoms with van der Waals surface area (Å²) in [5.74, 6) is -1.84. The average Bonchev–Trinajstić information content (AvgIpc) is 2.91. The zero-order chi connectivity index (χ0) is 27.1. The van der Waals surface area contributed by atoms with Crippen molar-refractivity contribution in [2.75, 3.05) is 5.32 Å². The monoisotopic (exact) mass is 505 g/mol. The third-order valence-electron chi connectivity index (χ3n) is 7.72. The minimum atomic E-state index is -0.736. The lowest BCUT2D eigenvalue weighted by atomic mass is 9.68. The molecule has 0 spiro atoms. The van der Waals surface area contributed by atoms with Gasteiger partial charge in [0.05, 0.1) is 11.8 Å². The summed E-state index contributed by atoms with van der Waals surface area (Å²) in [7, 11) is 0. The summed E-state index contributed by atoms with van der Waals surface area (Å²) in [5, 5.41) is 6.55. The quantitative estimate of drug-likeness (QED) is 0.431. The third kappa shape index (κ3) is 4.22. The van der Waals surface area contributed by atoms with Crippen LogP contribution in [-0.4, -0.2) is 17.5 Å². The molecule has 192 valence electrons. The largest absolute Gasteiger partial charge is 0.401 e. The Morgan fingerprint density at radius 2 is 1.45 bits per heavy atom. The van der Waals surface area contributed by atoms with Gasteiger partial charge >= 0.3 is 0 Å². The smallest absolute Gasteiger partial charge is 0.251 e. The van der Waals surface area contributed by atoms with E-state index in [-0.39, 0.29) is 17.5 Å². The minimum absolute atomic E-state index is 0.114. The number of rotatable bonds is 5. The van der Waals surface area contributed by atoms with Crippen LogP contribution < -0.4 is 16.4 Å². The lowest BCUT2D eigenvalue weighted by Crippen LogP contribution is -2.44. The van der Waals surface area contributed by atoms with E-state index in [2.05, 4.69) is 16.7 Å². The highest BCUT2D eigenvalue weighted by Gasteiger charge is 2.46. The number of Topliss-reactive ketones (excluding diaryl/α,β-unsaturated/α-hetero) is 2. The second-order valence-electron chi connectivity index (χ2n) is 10.1. The molecule has 38 heavy (non-hydrogen) atoms. The van der Waals surface area contributed by atoms with Crippen molar-refractivity contribution in [2.24, 2.45) is 17.6 Å². The summed E-state index contributed by atoms with van der Waals surface area (Å²) in [4.78, 5) is 39.9. The number of ketones is 2. The summed E-state index contributed by atoms with van der Waals surface area (Å²) in [6.45, 7) is 8.27. The highest BCUT2D eigenvalue weighted by molar-refractivity contribution is 6.18. The fourth-order valence-electron chi connectivity index (χ4n) is 5.65. The van der Waals surface area contributed by atoms with E-state index in [9.17, 15) is 14.4 Å². The molecule has 0 bridgehead atoms. The molecule has 0 saturated carbocycles. The van der Waals surface area contributed by atoms with Crippen molar-refractivity contribution in [1.29, 1.82) is 0 Å². The Bertz CT molecular complexity index is 1550. The second-order valence-corrected chi connectivity index (χ2v) is 10.1.